The lowest BCUT2D eigenvalue weighted by atomic mass is 9.74. The minimum Gasteiger partial charge on any atom is -0.359 e. The van der Waals surface area contributed by atoms with Crippen molar-refractivity contribution in [1.82, 2.24) is 15.1 Å². The van der Waals surface area contributed by atoms with Crippen molar-refractivity contribution < 1.29 is 19.1 Å². The van der Waals surface area contributed by atoms with Gasteiger partial charge < -0.3 is 25.2 Å². The van der Waals surface area contributed by atoms with Gasteiger partial charge in [-0.2, -0.15) is 0 Å². The molecule has 1 saturated carbocycles. The number of amides is 3. The smallest absolute Gasteiger partial charge is 0.246 e. The Bertz CT molecular complexity index is 1140. The molecule has 4 aliphatic rings. The number of carbonyl (C=O) groups excluding carboxylic acids is 3. The molecule has 218 valence electrons. The number of ether oxygens (including phenoxy) is 1. The lowest BCUT2D eigenvalue weighted by Crippen LogP contribution is -2.57. The van der Waals surface area contributed by atoms with Crippen molar-refractivity contribution in [2.75, 3.05) is 31.5 Å². The molecule has 1 aromatic rings. The molecule has 0 unspecified atom stereocenters. The Morgan fingerprint density at radius 3 is 2.42 bits per heavy atom. The standard InChI is InChI=1S/C32H46N4O4/c1-5-16-35(17-6-2)18-19-36-28(30(38)33-23-10-8-7-9-11-23)32-15-14-25(40-32)26(27(32)31(36)39)29(37)34-24-13-12-21(3)22(4)20-24/h12-15,20,23,25-28H,5-11,16-19H2,1-4H3,(H,33,38)(H,34,37)/t25-,26+,27-,28-,32-/m0/s1. The number of hydrogen-bond acceptors (Lipinski definition) is 5. The van der Waals surface area contributed by atoms with Gasteiger partial charge >= 0.3 is 0 Å². The first-order chi connectivity index (χ1) is 19.3. The number of nitrogens with zero attached hydrogens (tertiary/aromatic N) is 2. The first-order valence-electron chi connectivity index (χ1n) is 15.4. The van der Waals surface area contributed by atoms with Crippen molar-refractivity contribution >= 4 is 23.4 Å². The van der Waals surface area contributed by atoms with Crippen LogP contribution in [0.3, 0.4) is 0 Å². The quantitative estimate of drug-likeness (QED) is 0.407. The average molecular weight is 551 g/mol. The lowest BCUT2D eigenvalue weighted by molar-refractivity contribution is -0.141. The summed E-state index contributed by atoms with van der Waals surface area (Å²) in [6.45, 7) is 11.4. The van der Waals surface area contributed by atoms with E-state index in [1.54, 1.807) is 4.90 Å². The summed E-state index contributed by atoms with van der Waals surface area (Å²) in [6, 6.07) is 5.16. The van der Waals surface area contributed by atoms with Gasteiger partial charge in [0.1, 0.15) is 11.6 Å². The number of aryl methyl sites for hydroxylation is 2. The second kappa shape index (κ2) is 12.0. The van der Waals surface area contributed by atoms with Gasteiger partial charge in [-0.3, -0.25) is 14.4 Å². The van der Waals surface area contributed by atoms with Gasteiger partial charge in [0.25, 0.3) is 0 Å². The third-order valence-corrected chi connectivity index (χ3v) is 9.39. The van der Waals surface area contributed by atoms with Crippen molar-refractivity contribution in [1.29, 1.82) is 0 Å². The molecule has 5 atom stereocenters. The minimum atomic E-state index is -1.12. The minimum absolute atomic E-state index is 0.122. The number of fused-ring (bicyclic) bond motifs is 1. The summed E-state index contributed by atoms with van der Waals surface area (Å²) in [6.07, 6.45) is 10.7. The van der Waals surface area contributed by atoms with Crippen LogP contribution >= 0.6 is 0 Å². The fourth-order valence-electron chi connectivity index (χ4n) is 7.30. The molecule has 5 rings (SSSR count). The Morgan fingerprint density at radius 2 is 1.75 bits per heavy atom. The van der Waals surface area contributed by atoms with Crippen molar-refractivity contribution in [3.05, 3.63) is 41.5 Å². The Kier molecular flexibility index (Phi) is 8.66. The second-order valence-corrected chi connectivity index (χ2v) is 12.2. The molecular formula is C32H46N4O4. The number of nitrogens with one attached hydrogen (secondary N) is 2. The van der Waals surface area contributed by atoms with Crippen LogP contribution in [0.15, 0.2) is 30.4 Å². The van der Waals surface area contributed by atoms with Crippen LogP contribution < -0.4 is 10.6 Å². The normalized spacial score (nSPS) is 29.3. The van der Waals surface area contributed by atoms with Crippen molar-refractivity contribution in [2.45, 2.75) is 96.4 Å². The van der Waals surface area contributed by atoms with Crippen LogP contribution in [0.2, 0.25) is 0 Å². The second-order valence-electron chi connectivity index (χ2n) is 12.2. The van der Waals surface area contributed by atoms with Gasteiger partial charge in [0.2, 0.25) is 17.7 Å². The van der Waals surface area contributed by atoms with Crippen molar-refractivity contribution in [2.24, 2.45) is 11.8 Å². The van der Waals surface area contributed by atoms with E-state index >= 15 is 0 Å². The van der Waals surface area contributed by atoms with E-state index in [4.69, 9.17) is 4.74 Å². The average Bonchev–Trinajstić information content (AvgIpc) is 3.57. The van der Waals surface area contributed by atoms with Crippen LogP contribution in [0.25, 0.3) is 0 Å². The zero-order valence-electron chi connectivity index (χ0n) is 24.6. The Hall–Kier alpha value is -2.71. The SMILES string of the molecule is CCCN(CCC)CCN1C(=O)[C@@H]2[C@H](C(=O)Nc3ccc(C)c(C)c3)[C@@H]3C=C[C@@]2(O3)[C@@H]1C(=O)NC1CCCCC1. The summed E-state index contributed by atoms with van der Waals surface area (Å²) in [5.41, 5.74) is 1.82. The molecule has 3 fully saturated rings. The number of carbonyl (C=O) groups is 3. The van der Waals surface area contributed by atoms with Crippen molar-refractivity contribution in [3.63, 3.8) is 0 Å². The summed E-state index contributed by atoms with van der Waals surface area (Å²) in [5.74, 6) is -1.94. The summed E-state index contributed by atoms with van der Waals surface area (Å²) in [7, 11) is 0. The highest BCUT2D eigenvalue weighted by Gasteiger charge is 2.72. The van der Waals surface area contributed by atoms with Gasteiger partial charge in [-0.1, -0.05) is 51.3 Å². The molecule has 3 heterocycles. The number of likely N-dealkylation sites (tertiary alicyclic amines) is 1. The fraction of sp³-hybridized carbons (Fsp3) is 0.656. The molecule has 8 nitrogen and oxygen atoms in total. The molecule has 3 aliphatic heterocycles. The number of benzene rings is 1. The monoisotopic (exact) mass is 550 g/mol. The van der Waals surface area contributed by atoms with Gasteiger partial charge in [0.05, 0.1) is 17.9 Å². The number of hydrogen-bond donors (Lipinski definition) is 2. The van der Waals surface area contributed by atoms with E-state index in [0.717, 1.165) is 62.7 Å². The first-order valence-corrected chi connectivity index (χ1v) is 15.4. The predicted octanol–water partition coefficient (Wildman–Crippen LogP) is 3.96. The topological polar surface area (TPSA) is 91.0 Å². The third-order valence-electron chi connectivity index (χ3n) is 9.39. The predicted molar refractivity (Wildman–Crippen MR) is 156 cm³/mol. The third kappa shape index (κ3) is 5.32. The molecule has 2 saturated heterocycles. The van der Waals surface area contributed by atoms with E-state index in [9.17, 15) is 14.4 Å². The van der Waals surface area contributed by atoms with Gasteiger partial charge in [-0.05, 0) is 75.9 Å². The molecule has 2 bridgehead atoms. The maximum Gasteiger partial charge on any atom is 0.246 e. The molecule has 8 heteroatoms. The van der Waals surface area contributed by atoms with E-state index in [1.807, 2.05) is 44.2 Å². The van der Waals surface area contributed by atoms with Gasteiger partial charge in [-0.25, -0.2) is 0 Å². The highest BCUT2D eigenvalue weighted by atomic mass is 16.5. The van der Waals surface area contributed by atoms with Crippen molar-refractivity contribution in [3.8, 4) is 0 Å². The fourth-order valence-corrected chi connectivity index (χ4v) is 7.30. The van der Waals surface area contributed by atoms with E-state index in [1.165, 1.54) is 6.42 Å². The zero-order valence-corrected chi connectivity index (χ0v) is 24.6. The van der Waals surface area contributed by atoms with Crippen LogP contribution in [0.1, 0.15) is 69.9 Å². The van der Waals surface area contributed by atoms with E-state index in [0.29, 0.717) is 18.8 Å². The van der Waals surface area contributed by atoms with Gasteiger partial charge in [-0.15, -0.1) is 0 Å². The van der Waals surface area contributed by atoms with E-state index in [-0.39, 0.29) is 23.8 Å². The Morgan fingerprint density at radius 1 is 1.02 bits per heavy atom. The summed E-state index contributed by atoms with van der Waals surface area (Å²) in [5, 5.41) is 6.32. The Balaban J connectivity index is 1.41. The van der Waals surface area contributed by atoms with Gasteiger partial charge in [0, 0.05) is 24.8 Å². The van der Waals surface area contributed by atoms with E-state index < -0.39 is 29.6 Å². The molecule has 0 aromatic heterocycles. The summed E-state index contributed by atoms with van der Waals surface area (Å²) < 4.78 is 6.51. The highest BCUT2D eigenvalue weighted by Crippen LogP contribution is 2.55. The highest BCUT2D eigenvalue weighted by molar-refractivity contribution is 6.02. The number of anilines is 1. The molecule has 40 heavy (non-hydrogen) atoms. The van der Waals surface area contributed by atoms with Crippen LogP contribution in [-0.2, 0) is 19.1 Å². The van der Waals surface area contributed by atoms with Crippen LogP contribution in [-0.4, -0.2) is 77.5 Å². The molecule has 1 aliphatic carbocycles. The molecule has 0 radical (unpaired) electrons. The van der Waals surface area contributed by atoms with Crippen LogP contribution in [0, 0.1) is 25.7 Å². The van der Waals surface area contributed by atoms with Crippen LogP contribution in [0.5, 0.6) is 0 Å². The maximum atomic E-state index is 14.2. The largest absolute Gasteiger partial charge is 0.359 e. The molecule has 1 spiro atoms. The summed E-state index contributed by atoms with van der Waals surface area (Å²) >= 11 is 0. The van der Waals surface area contributed by atoms with Crippen LogP contribution in [0.4, 0.5) is 5.69 Å². The lowest BCUT2D eigenvalue weighted by Gasteiger charge is -2.35. The molecule has 1 aromatic carbocycles. The van der Waals surface area contributed by atoms with E-state index in [2.05, 4.69) is 29.4 Å². The summed E-state index contributed by atoms with van der Waals surface area (Å²) in [4.78, 5) is 46.0. The molecule has 3 amide bonds. The molecular weight excluding hydrogens is 504 g/mol. The van der Waals surface area contributed by atoms with Gasteiger partial charge in [0.15, 0.2) is 0 Å². The zero-order chi connectivity index (χ0) is 28.4. The maximum absolute atomic E-state index is 14.2. The molecule has 2 N–H and O–H groups in total. The first kappa shape index (κ1) is 28.8. The Labute approximate surface area is 238 Å². The number of rotatable bonds is 11.